The number of hydrogen-bond acceptors (Lipinski definition) is 3. The van der Waals surface area contributed by atoms with Crippen LogP contribution in [0.2, 0.25) is 0 Å². The van der Waals surface area contributed by atoms with Crippen LogP contribution in [0.4, 0.5) is 0 Å². The van der Waals surface area contributed by atoms with Crippen molar-refractivity contribution in [2.24, 2.45) is 5.92 Å². The standard InChI is InChI=1S/C14H20O3/c1-12(6-5-9-15)10-14(16)17-11-13-7-3-2-4-8-13/h2-4,7-8,12,15H,5-6,9-11H2,1H3/t12-/m1/s1. The predicted octanol–water partition coefficient (Wildman–Crippen LogP) is 2.53. The van der Waals surface area contributed by atoms with Crippen LogP contribution in [0.15, 0.2) is 30.3 Å². The monoisotopic (exact) mass is 236 g/mol. The fraction of sp³-hybridized carbons (Fsp3) is 0.500. The van der Waals surface area contributed by atoms with E-state index in [2.05, 4.69) is 0 Å². The van der Waals surface area contributed by atoms with Crippen molar-refractivity contribution in [1.29, 1.82) is 0 Å². The summed E-state index contributed by atoms with van der Waals surface area (Å²) in [7, 11) is 0. The minimum atomic E-state index is -0.167. The van der Waals surface area contributed by atoms with Crippen molar-refractivity contribution in [1.82, 2.24) is 0 Å². The van der Waals surface area contributed by atoms with Gasteiger partial charge in [-0.2, -0.15) is 0 Å². The minimum absolute atomic E-state index is 0.167. The van der Waals surface area contributed by atoms with Crippen LogP contribution in [0.5, 0.6) is 0 Å². The van der Waals surface area contributed by atoms with Crippen LogP contribution in [0, 0.1) is 5.92 Å². The third-order valence-corrected chi connectivity index (χ3v) is 2.61. The van der Waals surface area contributed by atoms with Gasteiger partial charge in [0.05, 0.1) is 0 Å². The van der Waals surface area contributed by atoms with Gasteiger partial charge in [-0.3, -0.25) is 4.79 Å². The van der Waals surface area contributed by atoms with Crippen molar-refractivity contribution in [3.8, 4) is 0 Å². The summed E-state index contributed by atoms with van der Waals surface area (Å²) in [5, 5.41) is 8.69. The van der Waals surface area contributed by atoms with Gasteiger partial charge in [-0.1, -0.05) is 37.3 Å². The number of benzene rings is 1. The predicted molar refractivity (Wildman–Crippen MR) is 66.3 cm³/mol. The first-order valence-electron chi connectivity index (χ1n) is 6.02. The van der Waals surface area contributed by atoms with Gasteiger partial charge in [0, 0.05) is 13.0 Å². The maximum absolute atomic E-state index is 11.5. The van der Waals surface area contributed by atoms with Crippen molar-refractivity contribution in [3.05, 3.63) is 35.9 Å². The van der Waals surface area contributed by atoms with Crippen LogP contribution < -0.4 is 0 Å². The van der Waals surface area contributed by atoms with Gasteiger partial charge in [-0.25, -0.2) is 0 Å². The van der Waals surface area contributed by atoms with E-state index < -0.39 is 0 Å². The molecule has 94 valence electrons. The smallest absolute Gasteiger partial charge is 0.306 e. The Morgan fingerprint density at radius 1 is 1.35 bits per heavy atom. The molecule has 1 aromatic carbocycles. The molecule has 1 aromatic rings. The molecule has 0 aliphatic heterocycles. The molecular weight excluding hydrogens is 216 g/mol. The molecule has 0 saturated carbocycles. The van der Waals surface area contributed by atoms with E-state index in [4.69, 9.17) is 9.84 Å². The minimum Gasteiger partial charge on any atom is -0.461 e. The lowest BCUT2D eigenvalue weighted by Gasteiger charge is -2.10. The van der Waals surface area contributed by atoms with Crippen LogP contribution in [-0.2, 0) is 16.1 Å². The van der Waals surface area contributed by atoms with Gasteiger partial charge < -0.3 is 9.84 Å². The van der Waals surface area contributed by atoms with E-state index in [1.54, 1.807) is 0 Å². The van der Waals surface area contributed by atoms with Gasteiger partial charge in [-0.15, -0.1) is 0 Å². The summed E-state index contributed by atoms with van der Waals surface area (Å²) in [5.41, 5.74) is 1.00. The van der Waals surface area contributed by atoms with E-state index in [9.17, 15) is 4.79 Å². The molecule has 0 spiro atoms. The summed E-state index contributed by atoms with van der Waals surface area (Å²) < 4.78 is 5.18. The Morgan fingerprint density at radius 3 is 2.71 bits per heavy atom. The van der Waals surface area contributed by atoms with E-state index in [0.29, 0.717) is 13.0 Å². The van der Waals surface area contributed by atoms with Gasteiger partial charge in [-0.05, 0) is 24.3 Å². The molecule has 0 amide bonds. The Balaban J connectivity index is 2.21. The molecule has 0 aliphatic carbocycles. The number of rotatable bonds is 7. The SMILES string of the molecule is C[C@H](CCCO)CC(=O)OCc1ccccc1. The van der Waals surface area contributed by atoms with Crippen molar-refractivity contribution < 1.29 is 14.6 Å². The molecule has 0 saturated heterocycles. The van der Waals surface area contributed by atoms with Gasteiger partial charge >= 0.3 is 5.97 Å². The number of ether oxygens (including phenoxy) is 1. The Bertz CT molecular complexity index is 321. The first kappa shape index (κ1) is 13.7. The highest BCUT2D eigenvalue weighted by Crippen LogP contribution is 2.11. The van der Waals surface area contributed by atoms with E-state index >= 15 is 0 Å². The molecule has 1 atom stereocenters. The van der Waals surface area contributed by atoms with Crippen LogP contribution in [0.1, 0.15) is 31.7 Å². The molecule has 0 heterocycles. The topological polar surface area (TPSA) is 46.5 Å². The molecule has 0 bridgehead atoms. The van der Waals surface area contributed by atoms with E-state index in [0.717, 1.165) is 18.4 Å². The normalized spacial score (nSPS) is 12.1. The molecule has 0 aliphatic rings. The van der Waals surface area contributed by atoms with Crippen LogP contribution in [-0.4, -0.2) is 17.7 Å². The zero-order valence-electron chi connectivity index (χ0n) is 10.3. The number of carbonyl (C=O) groups is 1. The second-order valence-corrected chi connectivity index (χ2v) is 4.32. The third kappa shape index (κ3) is 6.07. The van der Waals surface area contributed by atoms with Gasteiger partial charge in [0.1, 0.15) is 6.61 Å². The summed E-state index contributed by atoms with van der Waals surface area (Å²) in [5.74, 6) is 0.102. The van der Waals surface area contributed by atoms with Crippen molar-refractivity contribution in [3.63, 3.8) is 0 Å². The zero-order valence-corrected chi connectivity index (χ0v) is 10.3. The fourth-order valence-corrected chi connectivity index (χ4v) is 1.62. The summed E-state index contributed by atoms with van der Waals surface area (Å²) >= 11 is 0. The van der Waals surface area contributed by atoms with Crippen molar-refractivity contribution in [2.45, 2.75) is 32.8 Å². The summed E-state index contributed by atoms with van der Waals surface area (Å²) in [6.45, 7) is 2.52. The first-order valence-corrected chi connectivity index (χ1v) is 6.02. The number of aliphatic hydroxyl groups excluding tert-OH is 1. The molecule has 1 N–H and O–H groups in total. The van der Waals surface area contributed by atoms with Gasteiger partial charge in [0.25, 0.3) is 0 Å². The second-order valence-electron chi connectivity index (χ2n) is 4.32. The number of esters is 1. The Hall–Kier alpha value is -1.35. The average molecular weight is 236 g/mol. The number of aliphatic hydroxyl groups is 1. The third-order valence-electron chi connectivity index (χ3n) is 2.61. The maximum atomic E-state index is 11.5. The lowest BCUT2D eigenvalue weighted by molar-refractivity contribution is -0.146. The van der Waals surface area contributed by atoms with Gasteiger partial charge in [0.15, 0.2) is 0 Å². The summed E-state index contributed by atoms with van der Waals surface area (Å²) in [6.07, 6.45) is 2.02. The van der Waals surface area contributed by atoms with Crippen LogP contribution in [0.3, 0.4) is 0 Å². The molecule has 1 rings (SSSR count). The summed E-state index contributed by atoms with van der Waals surface area (Å²) in [4.78, 5) is 11.5. The molecule has 0 radical (unpaired) electrons. The average Bonchev–Trinajstić information content (AvgIpc) is 2.35. The molecule has 17 heavy (non-hydrogen) atoms. The molecular formula is C14H20O3. The number of hydrogen-bond donors (Lipinski definition) is 1. The zero-order chi connectivity index (χ0) is 12.5. The Labute approximate surface area is 102 Å². The highest BCUT2D eigenvalue weighted by molar-refractivity contribution is 5.69. The Morgan fingerprint density at radius 2 is 2.06 bits per heavy atom. The molecule has 3 nitrogen and oxygen atoms in total. The maximum Gasteiger partial charge on any atom is 0.306 e. The first-order chi connectivity index (χ1) is 8.22. The highest BCUT2D eigenvalue weighted by atomic mass is 16.5. The van der Waals surface area contributed by atoms with E-state index in [-0.39, 0.29) is 18.5 Å². The Kier molecular flexibility index (Phi) is 6.33. The quantitative estimate of drug-likeness (QED) is 0.740. The molecule has 0 aromatic heterocycles. The largest absolute Gasteiger partial charge is 0.461 e. The molecule has 3 heteroatoms. The number of carbonyl (C=O) groups excluding carboxylic acids is 1. The fourth-order valence-electron chi connectivity index (χ4n) is 1.62. The lowest BCUT2D eigenvalue weighted by Crippen LogP contribution is -2.10. The molecule has 0 unspecified atom stereocenters. The van der Waals surface area contributed by atoms with E-state index in [1.807, 2.05) is 37.3 Å². The van der Waals surface area contributed by atoms with Crippen LogP contribution in [0.25, 0.3) is 0 Å². The lowest BCUT2D eigenvalue weighted by atomic mass is 10.0. The highest BCUT2D eigenvalue weighted by Gasteiger charge is 2.09. The van der Waals surface area contributed by atoms with Gasteiger partial charge in [0.2, 0.25) is 0 Å². The van der Waals surface area contributed by atoms with E-state index in [1.165, 1.54) is 0 Å². The summed E-state index contributed by atoms with van der Waals surface area (Å²) in [6, 6.07) is 9.65. The van der Waals surface area contributed by atoms with Crippen molar-refractivity contribution in [2.75, 3.05) is 6.61 Å². The van der Waals surface area contributed by atoms with Crippen molar-refractivity contribution >= 4 is 5.97 Å². The molecule has 0 fully saturated rings. The second kappa shape index (κ2) is 7.85. The van der Waals surface area contributed by atoms with Crippen LogP contribution >= 0.6 is 0 Å².